The van der Waals surface area contributed by atoms with Crippen molar-refractivity contribution in [2.75, 3.05) is 76.5 Å². The quantitative estimate of drug-likeness (QED) is 0.0618. The average molecular weight is 836 g/mol. The van der Waals surface area contributed by atoms with E-state index in [9.17, 15) is 32.3 Å². The molecular formula is C44H52F3N5O8. The molecule has 0 spiro atoms. The van der Waals surface area contributed by atoms with Crippen molar-refractivity contribution in [3.8, 4) is 11.3 Å². The topological polar surface area (TPSA) is 160 Å². The van der Waals surface area contributed by atoms with Crippen molar-refractivity contribution in [3.05, 3.63) is 113 Å². The number of benzene rings is 3. The van der Waals surface area contributed by atoms with Gasteiger partial charge in [-0.3, -0.25) is 24.2 Å². The zero-order valence-electron chi connectivity index (χ0n) is 34.1. The Morgan fingerprint density at radius 3 is 2.07 bits per heavy atom. The smallest absolute Gasteiger partial charge is 0.416 e. The van der Waals surface area contributed by atoms with Gasteiger partial charge in [0.1, 0.15) is 0 Å². The Labute approximate surface area is 347 Å². The molecule has 16 heteroatoms. The van der Waals surface area contributed by atoms with E-state index >= 15 is 0 Å². The second-order valence-electron chi connectivity index (χ2n) is 13.8. The summed E-state index contributed by atoms with van der Waals surface area (Å²) in [6.07, 6.45) is -1.33. The number of rotatable bonds is 24. The highest BCUT2D eigenvalue weighted by Crippen LogP contribution is 2.33. The number of alkyl halides is 3. The van der Waals surface area contributed by atoms with Crippen LogP contribution in [0.2, 0.25) is 0 Å². The van der Waals surface area contributed by atoms with Crippen molar-refractivity contribution in [2.24, 2.45) is 0 Å². The fourth-order valence-corrected chi connectivity index (χ4v) is 6.03. The third-order valence-electron chi connectivity index (χ3n) is 9.10. The van der Waals surface area contributed by atoms with E-state index in [1.807, 2.05) is 12.1 Å². The van der Waals surface area contributed by atoms with E-state index in [4.69, 9.17) is 19.3 Å². The molecule has 0 saturated heterocycles. The molecule has 3 N–H and O–H groups in total. The number of nitrogens with one attached hydrogen (secondary N) is 2. The van der Waals surface area contributed by atoms with Crippen molar-refractivity contribution in [3.63, 3.8) is 0 Å². The molecule has 60 heavy (non-hydrogen) atoms. The van der Waals surface area contributed by atoms with Gasteiger partial charge in [-0.25, -0.2) is 0 Å². The first-order chi connectivity index (χ1) is 28.8. The normalized spacial score (nSPS) is 11.2. The molecule has 1 heterocycles. The highest BCUT2D eigenvalue weighted by Gasteiger charge is 2.30. The summed E-state index contributed by atoms with van der Waals surface area (Å²) in [5.41, 5.74) is 2.45. The molecule has 4 rings (SSSR count). The van der Waals surface area contributed by atoms with Crippen molar-refractivity contribution >= 4 is 35.1 Å². The van der Waals surface area contributed by atoms with Crippen LogP contribution in [0.5, 0.6) is 0 Å². The number of hydrogen-bond donors (Lipinski definition) is 3. The van der Waals surface area contributed by atoms with E-state index in [1.54, 1.807) is 37.4 Å². The highest BCUT2D eigenvalue weighted by molar-refractivity contribution is 6.08. The fourth-order valence-electron chi connectivity index (χ4n) is 6.03. The van der Waals surface area contributed by atoms with Gasteiger partial charge >= 0.3 is 12.1 Å². The van der Waals surface area contributed by atoms with E-state index in [2.05, 4.69) is 34.4 Å². The number of halogens is 3. The first-order valence-electron chi connectivity index (χ1n) is 19.7. The van der Waals surface area contributed by atoms with Gasteiger partial charge in [-0.05, 0) is 79.1 Å². The number of nitrogens with zero attached hydrogens (tertiary/aromatic N) is 3. The van der Waals surface area contributed by atoms with Crippen molar-refractivity contribution in [1.29, 1.82) is 0 Å². The maximum Gasteiger partial charge on any atom is 0.416 e. The van der Waals surface area contributed by atoms with Crippen molar-refractivity contribution in [1.82, 2.24) is 15.2 Å². The monoisotopic (exact) mass is 835 g/mol. The number of likely N-dealkylation sites (N-methyl/N-ethyl adjacent to an activating group) is 1. The summed E-state index contributed by atoms with van der Waals surface area (Å²) in [5.74, 6) is -2.24. The number of anilines is 2. The molecule has 3 aromatic carbocycles. The minimum atomic E-state index is -4.51. The van der Waals surface area contributed by atoms with Crippen LogP contribution in [0.25, 0.3) is 11.3 Å². The number of carbonyl (C=O) groups is 4. The van der Waals surface area contributed by atoms with E-state index < -0.39 is 29.5 Å². The number of carboxylic acid groups (broad SMARTS) is 1. The van der Waals surface area contributed by atoms with Gasteiger partial charge in [-0.1, -0.05) is 32.0 Å². The summed E-state index contributed by atoms with van der Waals surface area (Å²) in [6.45, 7) is 7.44. The fraction of sp³-hybridized carbons (Fsp3) is 0.386. The van der Waals surface area contributed by atoms with Gasteiger partial charge in [0.15, 0.2) is 0 Å². The average Bonchev–Trinajstić information content (AvgIpc) is 3.24. The first-order valence-corrected chi connectivity index (χ1v) is 19.7. The van der Waals surface area contributed by atoms with Crippen LogP contribution < -0.4 is 15.5 Å². The largest absolute Gasteiger partial charge is 0.481 e. The van der Waals surface area contributed by atoms with Gasteiger partial charge in [0.25, 0.3) is 17.7 Å². The van der Waals surface area contributed by atoms with Gasteiger partial charge in [-0.2, -0.15) is 13.2 Å². The summed E-state index contributed by atoms with van der Waals surface area (Å²) < 4.78 is 55.9. The zero-order valence-corrected chi connectivity index (χ0v) is 34.1. The molecule has 322 valence electrons. The SMILES string of the molecule is CCCN(CCC)c1ccc(NC(=O)c2cccc(C(=O)N(C)CCOCCOCCOCCC(=O)O)c2)c(-c2cc(C(=O)NCc3cccc(C(F)(F)F)c3)ccn2)c1. The molecular weight excluding hydrogens is 784 g/mol. The van der Waals surface area contributed by atoms with E-state index in [1.165, 1.54) is 35.4 Å². The van der Waals surface area contributed by atoms with Crippen molar-refractivity contribution in [2.45, 2.75) is 45.8 Å². The van der Waals surface area contributed by atoms with Gasteiger partial charge < -0.3 is 39.8 Å². The molecule has 0 fully saturated rings. The standard InChI is InChI=1S/C44H52F3N5O8/c1-4-17-52(18-5-2)36-12-13-38(37(29-36)39-28-33(14-16-48-39)41(55)49-30-31-8-6-11-35(26-31)44(45,46)47)50-42(56)32-9-7-10-34(27-32)43(57)51(3)19-21-59-23-25-60-24-22-58-20-15-40(53)54/h6-14,16,26-29H,4-5,15,17-25,30H2,1-3H3,(H,49,55)(H,50,56)(H,53,54). The van der Waals surface area contributed by atoms with Crippen LogP contribution in [0.3, 0.4) is 0 Å². The molecule has 0 atom stereocenters. The van der Waals surface area contributed by atoms with Gasteiger partial charge in [-0.15, -0.1) is 0 Å². The molecule has 0 bridgehead atoms. The zero-order chi connectivity index (χ0) is 43.5. The Bertz CT molecular complexity index is 2040. The Hall–Kier alpha value is -5.84. The Morgan fingerprint density at radius 1 is 0.733 bits per heavy atom. The van der Waals surface area contributed by atoms with Gasteiger partial charge in [0.05, 0.1) is 63.0 Å². The van der Waals surface area contributed by atoms with E-state index in [0.717, 1.165) is 43.8 Å². The van der Waals surface area contributed by atoms with Gasteiger partial charge in [0.2, 0.25) is 0 Å². The maximum absolute atomic E-state index is 13.8. The molecule has 4 aromatic rings. The molecule has 0 aliphatic rings. The lowest BCUT2D eigenvalue weighted by Gasteiger charge is -2.25. The van der Waals surface area contributed by atoms with Crippen LogP contribution in [0.15, 0.2) is 85.1 Å². The molecule has 0 saturated carbocycles. The third kappa shape index (κ3) is 14.8. The molecule has 0 aliphatic heterocycles. The summed E-state index contributed by atoms with van der Waals surface area (Å²) in [6, 6.07) is 19.7. The summed E-state index contributed by atoms with van der Waals surface area (Å²) in [4.78, 5) is 59.1. The second kappa shape index (κ2) is 23.7. The molecule has 0 radical (unpaired) electrons. The highest BCUT2D eigenvalue weighted by atomic mass is 19.4. The van der Waals surface area contributed by atoms with Crippen LogP contribution in [0, 0.1) is 0 Å². The first kappa shape index (κ1) is 46.8. The molecule has 0 unspecified atom stereocenters. The lowest BCUT2D eigenvalue weighted by atomic mass is 10.0. The van der Waals surface area contributed by atoms with Crippen LogP contribution in [0.1, 0.15) is 75.3 Å². The number of pyridine rings is 1. The van der Waals surface area contributed by atoms with Crippen LogP contribution >= 0.6 is 0 Å². The number of carbonyl (C=O) groups excluding carboxylic acids is 3. The predicted molar refractivity (Wildman–Crippen MR) is 221 cm³/mol. The van der Waals surface area contributed by atoms with Gasteiger partial charge in [0, 0.05) is 67.4 Å². The lowest BCUT2D eigenvalue weighted by Crippen LogP contribution is -2.30. The van der Waals surface area contributed by atoms with Crippen LogP contribution in [0.4, 0.5) is 24.5 Å². The lowest BCUT2D eigenvalue weighted by molar-refractivity contribution is -0.139. The van der Waals surface area contributed by atoms with Crippen LogP contribution in [-0.2, 0) is 31.7 Å². The molecule has 3 amide bonds. The molecule has 13 nitrogen and oxygen atoms in total. The van der Waals surface area contributed by atoms with E-state index in [0.29, 0.717) is 42.3 Å². The second-order valence-corrected chi connectivity index (χ2v) is 13.8. The summed E-state index contributed by atoms with van der Waals surface area (Å²) in [5, 5.41) is 14.3. The Balaban J connectivity index is 1.44. The number of carboxylic acids is 1. The molecule has 0 aliphatic carbocycles. The number of amides is 3. The number of aromatic nitrogens is 1. The number of hydrogen-bond acceptors (Lipinski definition) is 9. The minimum absolute atomic E-state index is 0.0684. The van der Waals surface area contributed by atoms with Crippen molar-refractivity contribution < 1.29 is 51.7 Å². The minimum Gasteiger partial charge on any atom is -0.481 e. The predicted octanol–water partition coefficient (Wildman–Crippen LogP) is 7.17. The van der Waals surface area contributed by atoms with Crippen LogP contribution in [-0.4, -0.2) is 105 Å². The number of ether oxygens (including phenoxy) is 3. The van der Waals surface area contributed by atoms with E-state index in [-0.39, 0.29) is 61.9 Å². The summed E-state index contributed by atoms with van der Waals surface area (Å²) >= 11 is 0. The summed E-state index contributed by atoms with van der Waals surface area (Å²) in [7, 11) is 1.63. The third-order valence-corrected chi connectivity index (χ3v) is 9.10. The molecule has 1 aromatic heterocycles. The number of aliphatic carboxylic acids is 1. The maximum atomic E-state index is 13.8. The Kier molecular flexibility index (Phi) is 18.5. The Morgan fingerprint density at radius 2 is 1.38 bits per heavy atom.